The molecule has 0 unspecified atom stereocenters. The maximum absolute atomic E-state index is 5.95. The second-order valence-electron chi connectivity index (χ2n) is 4.06. The van der Waals surface area contributed by atoms with Crippen molar-refractivity contribution < 1.29 is 4.74 Å². The summed E-state index contributed by atoms with van der Waals surface area (Å²) in [6.45, 7) is 1.86. The average molecular weight is 190 g/mol. The maximum atomic E-state index is 5.95. The minimum atomic E-state index is 0.430. The largest absolute Gasteiger partial charge is 0.397 e. The van der Waals surface area contributed by atoms with Gasteiger partial charge in [0.05, 0.1) is 30.1 Å². The molecule has 0 amide bonds. The molecule has 3 rings (SSSR count). The van der Waals surface area contributed by atoms with Gasteiger partial charge in [-0.3, -0.25) is 0 Å². The Kier molecular flexibility index (Phi) is 1.67. The molecule has 2 saturated heterocycles. The van der Waals surface area contributed by atoms with Crippen LogP contribution in [0.15, 0.2) is 24.3 Å². The van der Waals surface area contributed by atoms with Gasteiger partial charge in [-0.15, -0.1) is 0 Å². The predicted molar refractivity (Wildman–Crippen MR) is 56.3 cm³/mol. The smallest absolute Gasteiger partial charge is 0.0771 e. The van der Waals surface area contributed by atoms with E-state index in [1.165, 1.54) is 5.69 Å². The van der Waals surface area contributed by atoms with Crippen LogP contribution in [0.2, 0.25) is 0 Å². The van der Waals surface area contributed by atoms with E-state index in [2.05, 4.69) is 11.0 Å². The summed E-state index contributed by atoms with van der Waals surface area (Å²) in [6, 6.07) is 8.62. The van der Waals surface area contributed by atoms with Crippen molar-refractivity contribution in [1.82, 2.24) is 0 Å². The summed E-state index contributed by atoms with van der Waals surface area (Å²) >= 11 is 0. The van der Waals surface area contributed by atoms with Crippen molar-refractivity contribution in [3.8, 4) is 0 Å². The molecule has 74 valence electrons. The zero-order valence-electron chi connectivity index (χ0n) is 8.02. The minimum Gasteiger partial charge on any atom is -0.397 e. The summed E-state index contributed by atoms with van der Waals surface area (Å²) < 4.78 is 5.56. The standard InChI is InChI=1S/C11H14N2O/c12-10-3-1-2-4-11(10)13-6-9-5-8(13)7-14-9/h1-4,8-9H,5-7,12H2/t8-,9+/m0/s1. The number of nitrogens with two attached hydrogens (primary N) is 1. The summed E-state index contributed by atoms with van der Waals surface area (Å²) in [5.41, 5.74) is 7.99. The number of rotatable bonds is 1. The fraction of sp³-hybridized carbons (Fsp3) is 0.455. The Labute approximate surface area is 83.5 Å². The highest BCUT2D eigenvalue weighted by Gasteiger charge is 2.39. The Hall–Kier alpha value is -1.22. The molecule has 3 nitrogen and oxygen atoms in total. The van der Waals surface area contributed by atoms with E-state index in [4.69, 9.17) is 10.5 Å². The first-order valence-electron chi connectivity index (χ1n) is 5.07. The quantitative estimate of drug-likeness (QED) is 0.677. The average Bonchev–Trinajstić information content (AvgIpc) is 2.79. The lowest BCUT2D eigenvalue weighted by atomic mass is 10.2. The Morgan fingerprint density at radius 1 is 1.36 bits per heavy atom. The lowest BCUT2D eigenvalue weighted by Crippen LogP contribution is -2.37. The molecule has 0 aliphatic carbocycles. The number of hydrogen-bond donors (Lipinski definition) is 1. The Morgan fingerprint density at radius 2 is 2.21 bits per heavy atom. The van der Waals surface area contributed by atoms with E-state index in [0.717, 1.165) is 25.3 Å². The van der Waals surface area contributed by atoms with Gasteiger partial charge in [0, 0.05) is 6.54 Å². The highest BCUT2D eigenvalue weighted by Crippen LogP contribution is 2.35. The molecule has 1 aromatic rings. The molecular formula is C11H14N2O. The highest BCUT2D eigenvalue weighted by molar-refractivity contribution is 5.68. The van der Waals surface area contributed by atoms with Gasteiger partial charge >= 0.3 is 0 Å². The van der Waals surface area contributed by atoms with E-state index >= 15 is 0 Å². The van der Waals surface area contributed by atoms with Gasteiger partial charge in [-0.1, -0.05) is 12.1 Å². The van der Waals surface area contributed by atoms with Crippen LogP contribution < -0.4 is 10.6 Å². The molecule has 2 heterocycles. The number of para-hydroxylation sites is 2. The lowest BCUT2D eigenvalue weighted by molar-refractivity contribution is 0.0992. The Morgan fingerprint density at radius 3 is 2.86 bits per heavy atom. The second kappa shape index (κ2) is 2.89. The summed E-state index contributed by atoms with van der Waals surface area (Å²) in [5.74, 6) is 0. The number of hydrogen-bond acceptors (Lipinski definition) is 3. The van der Waals surface area contributed by atoms with Crippen molar-refractivity contribution in [3.63, 3.8) is 0 Å². The maximum Gasteiger partial charge on any atom is 0.0771 e. The van der Waals surface area contributed by atoms with Gasteiger partial charge in [0.1, 0.15) is 0 Å². The van der Waals surface area contributed by atoms with Crippen LogP contribution in [0.3, 0.4) is 0 Å². The van der Waals surface area contributed by atoms with Crippen LogP contribution in [-0.4, -0.2) is 25.3 Å². The number of fused-ring (bicyclic) bond motifs is 2. The fourth-order valence-electron chi connectivity index (χ4n) is 2.44. The molecule has 2 N–H and O–H groups in total. The monoisotopic (exact) mass is 190 g/mol. The van der Waals surface area contributed by atoms with E-state index in [9.17, 15) is 0 Å². The Bertz CT molecular complexity index is 353. The zero-order chi connectivity index (χ0) is 9.54. The summed E-state index contributed by atoms with van der Waals surface area (Å²) in [6.07, 6.45) is 1.59. The first kappa shape index (κ1) is 8.12. The third-order valence-corrected chi connectivity index (χ3v) is 3.15. The van der Waals surface area contributed by atoms with E-state index in [1.807, 2.05) is 18.2 Å². The van der Waals surface area contributed by atoms with Gasteiger partial charge in [0.15, 0.2) is 0 Å². The second-order valence-corrected chi connectivity index (χ2v) is 4.06. The van der Waals surface area contributed by atoms with Crippen LogP contribution in [0.1, 0.15) is 6.42 Å². The molecule has 2 aliphatic rings. The van der Waals surface area contributed by atoms with Crippen molar-refractivity contribution in [2.75, 3.05) is 23.8 Å². The van der Waals surface area contributed by atoms with Crippen molar-refractivity contribution >= 4 is 11.4 Å². The number of morpholine rings is 1. The van der Waals surface area contributed by atoms with Gasteiger partial charge in [0.2, 0.25) is 0 Å². The summed E-state index contributed by atoms with van der Waals surface area (Å²) in [5, 5.41) is 0. The van der Waals surface area contributed by atoms with Crippen molar-refractivity contribution in [1.29, 1.82) is 0 Å². The van der Waals surface area contributed by atoms with Crippen LogP contribution in [0.25, 0.3) is 0 Å². The molecule has 2 fully saturated rings. The van der Waals surface area contributed by atoms with Gasteiger partial charge < -0.3 is 15.4 Å². The predicted octanol–water partition coefficient (Wildman–Crippen LogP) is 1.25. The Balaban J connectivity index is 1.93. The van der Waals surface area contributed by atoms with Crippen LogP contribution in [0.5, 0.6) is 0 Å². The van der Waals surface area contributed by atoms with Gasteiger partial charge in [-0.25, -0.2) is 0 Å². The molecule has 2 aliphatic heterocycles. The summed E-state index contributed by atoms with van der Waals surface area (Å²) in [7, 11) is 0. The molecule has 0 saturated carbocycles. The zero-order valence-corrected chi connectivity index (χ0v) is 8.02. The van der Waals surface area contributed by atoms with E-state index in [1.54, 1.807) is 0 Å². The molecule has 2 atom stereocenters. The summed E-state index contributed by atoms with van der Waals surface area (Å²) in [4.78, 5) is 2.38. The lowest BCUT2D eigenvalue weighted by Gasteiger charge is -2.29. The van der Waals surface area contributed by atoms with Crippen LogP contribution in [-0.2, 0) is 4.74 Å². The fourth-order valence-corrected chi connectivity index (χ4v) is 2.44. The van der Waals surface area contributed by atoms with Gasteiger partial charge in [-0.2, -0.15) is 0 Å². The van der Waals surface area contributed by atoms with Crippen molar-refractivity contribution in [3.05, 3.63) is 24.3 Å². The van der Waals surface area contributed by atoms with Crippen molar-refractivity contribution in [2.24, 2.45) is 0 Å². The van der Waals surface area contributed by atoms with Crippen LogP contribution in [0, 0.1) is 0 Å². The van der Waals surface area contributed by atoms with Crippen LogP contribution in [0.4, 0.5) is 11.4 Å². The first-order valence-corrected chi connectivity index (χ1v) is 5.07. The molecule has 3 heteroatoms. The normalized spacial score (nSPS) is 29.9. The number of nitrogens with zero attached hydrogens (tertiary/aromatic N) is 1. The molecule has 0 spiro atoms. The number of benzene rings is 1. The molecular weight excluding hydrogens is 176 g/mol. The highest BCUT2D eigenvalue weighted by atomic mass is 16.5. The number of nitrogen functional groups attached to an aromatic ring is 1. The molecule has 0 aromatic heterocycles. The third-order valence-electron chi connectivity index (χ3n) is 3.15. The van der Waals surface area contributed by atoms with E-state index < -0.39 is 0 Å². The molecule has 1 aromatic carbocycles. The van der Waals surface area contributed by atoms with E-state index in [0.29, 0.717) is 12.1 Å². The SMILES string of the molecule is Nc1ccccc1N1C[C@H]2C[C@H]1CO2. The van der Waals surface area contributed by atoms with Crippen molar-refractivity contribution in [2.45, 2.75) is 18.6 Å². The van der Waals surface area contributed by atoms with Gasteiger partial charge in [0.25, 0.3) is 0 Å². The molecule has 2 bridgehead atoms. The third kappa shape index (κ3) is 1.09. The number of ether oxygens (including phenoxy) is 1. The topological polar surface area (TPSA) is 38.5 Å². The molecule has 0 radical (unpaired) electrons. The van der Waals surface area contributed by atoms with Crippen LogP contribution >= 0.6 is 0 Å². The minimum absolute atomic E-state index is 0.430. The first-order chi connectivity index (χ1) is 6.84. The van der Waals surface area contributed by atoms with Gasteiger partial charge in [-0.05, 0) is 18.6 Å². The number of anilines is 2. The molecule has 14 heavy (non-hydrogen) atoms. The van der Waals surface area contributed by atoms with E-state index in [-0.39, 0.29) is 0 Å².